The summed E-state index contributed by atoms with van der Waals surface area (Å²) in [6.45, 7) is 1.91. The molecule has 5 nitrogen and oxygen atoms in total. The second-order valence-corrected chi connectivity index (χ2v) is 6.58. The Labute approximate surface area is 161 Å². The Morgan fingerprint density at radius 1 is 1.00 bits per heavy atom. The molecule has 144 valence electrons. The van der Waals surface area contributed by atoms with Gasteiger partial charge < -0.3 is 19.3 Å². The first-order valence-corrected chi connectivity index (χ1v) is 8.85. The predicted octanol–water partition coefficient (Wildman–Crippen LogP) is 3.60. The van der Waals surface area contributed by atoms with Gasteiger partial charge in [-0.2, -0.15) is 0 Å². The van der Waals surface area contributed by atoms with Crippen molar-refractivity contribution in [2.45, 2.75) is 0 Å². The number of likely N-dealkylation sites (N-methyl/N-ethyl adjacent to an activating group) is 2. The SMILES string of the molecule is COc1ccc(C(=O)/C=C/c2cccc(N(C)CCN(C)C)c2)c(OC)c1. The average molecular weight is 368 g/mol. The summed E-state index contributed by atoms with van der Waals surface area (Å²) in [4.78, 5) is 16.9. The summed E-state index contributed by atoms with van der Waals surface area (Å²) >= 11 is 0. The van der Waals surface area contributed by atoms with Gasteiger partial charge in [-0.25, -0.2) is 0 Å². The van der Waals surface area contributed by atoms with Crippen LogP contribution in [0.25, 0.3) is 6.08 Å². The summed E-state index contributed by atoms with van der Waals surface area (Å²) in [5, 5.41) is 0. The van der Waals surface area contributed by atoms with Gasteiger partial charge >= 0.3 is 0 Å². The van der Waals surface area contributed by atoms with E-state index in [1.807, 2.05) is 18.2 Å². The van der Waals surface area contributed by atoms with Crippen molar-refractivity contribution in [2.24, 2.45) is 0 Å². The first-order chi connectivity index (χ1) is 12.9. The molecule has 0 aliphatic rings. The molecule has 2 aromatic rings. The highest BCUT2D eigenvalue weighted by Gasteiger charge is 2.11. The quantitative estimate of drug-likeness (QED) is 0.500. The van der Waals surface area contributed by atoms with Crippen LogP contribution < -0.4 is 14.4 Å². The molecule has 0 aromatic heterocycles. The third-order valence-corrected chi connectivity index (χ3v) is 4.29. The van der Waals surface area contributed by atoms with Crippen molar-refractivity contribution in [3.63, 3.8) is 0 Å². The number of carbonyl (C=O) groups is 1. The summed E-state index contributed by atoms with van der Waals surface area (Å²) in [5.41, 5.74) is 2.60. The molecular formula is C22H28N2O3. The molecule has 0 heterocycles. The largest absolute Gasteiger partial charge is 0.497 e. The molecule has 0 saturated heterocycles. The molecule has 0 radical (unpaired) electrons. The molecule has 2 rings (SSSR count). The Morgan fingerprint density at radius 2 is 1.78 bits per heavy atom. The first-order valence-electron chi connectivity index (χ1n) is 8.85. The van der Waals surface area contributed by atoms with E-state index in [0.29, 0.717) is 17.1 Å². The summed E-state index contributed by atoms with van der Waals surface area (Å²) in [5.74, 6) is 1.04. The van der Waals surface area contributed by atoms with Crippen molar-refractivity contribution in [1.82, 2.24) is 4.90 Å². The van der Waals surface area contributed by atoms with E-state index < -0.39 is 0 Å². The highest BCUT2D eigenvalue weighted by Crippen LogP contribution is 2.25. The molecule has 0 fully saturated rings. The van der Waals surface area contributed by atoms with Gasteiger partial charge in [0, 0.05) is 31.9 Å². The molecule has 0 spiro atoms. The van der Waals surface area contributed by atoms with Gasteiger partial charge in [0.1, 0.15) is 11.5 Å². The van der Waals surface area contributed by atoms with E-state index in [2.05, 4.69) is 43.1 Å². The van der Waals surface area contributed by atoms with Gasteiger partial charge in [-0.3, -0.25) is 4.79 Å². The van der Waals surface area contributed by atoms with Gasteiger partial charge in [-0.15, -0.1) is 0 Å². The number of allylic oxidation sites excluding steroid dienone is 1. The normalized spacial score (nSPS) is 11.0. The Bertz CT molecular complexity index is 800. The number of nitrogens with zero attached hydrogens (tertiary/aromatic N) is 2. The smallest absolute Gasteiger partial charge is 0.189 e. The maximum absolute atomic E-state index is 12.6. The number of ketones is 1. The minimum atomic E-state index is -0.110. The number of rotatable bonds is 9. The number of hydrogen-bond acceptors (Lipinski definition) is 5. The highest BCUT2D eigenvalue weighted by molar-refractivity contribution is 6.08. The Hall–Kier alpha value is -2.79. The van der Waals surface area contributed by atoms with Crippen LogP contribution in [0, 0.1) is 0 Å². The fourth-order valence-electron chi connectivity index (χ4n) is 2.61. The van der Waals surface area contributed by atoms with Crippen molar-refractivity contribution >= 4 is 17.5 Å². The zero-order valence-electron chi connectivity index (χ0n) is 16.7. The van der Waals surface area contributed by atoms with E-state index in [0.717, 1.165) is 24.3 Å². The lowest BCUT2D eigenvalue weighted by Crippen LogP contribution is -2.28. The van der Waals surface area contributed by atoms with Crippen LogP contribution in [0.15, 0.2) is 48.5 Å². The number of benzene rings is 2. The molecule has 0 saturated carbocycles. The van der Waals surface area contributed by atoms with Crippen LogP contribution in [0.4, 0.5) is 5.69 Å². The van der Waals surface area contributed by atoms with E-state index >= 15 is 0 Å². The molecule has 0 unspecified atom stereocenters. The van der Waals surface area contributed by atoms with Crippen LogP contribution in [-0.4, -0.2) is 59.1 Å². The molecule has 0 bridgehead atoms. The number of methoxy groups -OCH3 is 2. The van der Waals surface area contributed by atoms with Crippen LogP contribution in [0.5, 0.6) is 11.5 Å². The van der Waals surface area contributed by atoms with E-state index in [1.54, 1.807) is 38.5 Å². The van der Waals surface area contributed by atoms with E-state index in [1.165, 1.54) is 0 Å². The monoisotopic (exact) mass is 368 g/mol. The Kier molecular flexibility index (Phi) is 7.44. The summed E-state index contributed by atoms with van der Waals surface area (Å²) in [6.07, 6.45) is 3.40. The molecule has 0 amide bonds. The minimum Gasteiger partial charge on any atom is -0.497 e. The topological polar surface area (TPSA) is 42.0 Å². The number of carbonyl (C=O) groups excluding carboxylic acids is 1. The van der Waals surface area contributed by atoms with Crippen LogP contribution in [0.3, 0.4) is 0 Å². The van der Waals surface area contributed by atoms with Crippen molar-refractivity contribution in [3.8, 4) is 11.5 Å². The zero-order chi connectivity index (χ0) is 19.8. The maximum Gasteiger partial charge on any atom is 0.189 e. The zero-order valence-corrected chi connectivity index (χ0v) is 16.7. The lowest BCUT2D eigenvalue weighted by Gasteiger charge is -2.21. The Balaban J connectivity index is 2.13. The first kappa shape index (κ1) is 20.5. The molecule has 5 heteroatoms. The second-order valence-electron chi connectivity index (χ2n) is 6.58. The standard InChI is InChI=1S/C22H28N2O3/c1-23(2)13-14-24(3)18-8-6-7-17(15-18)9-12-21(25)20-11-10-19(26-4)16-22(20)27-5/h6-12,15-16H,13-14H2,1-5H3/b12-9+. The number of ether oxygens (including phenoxy) is 2. The average Bonchev–Trinajstić information content (AvgIpc) is 2.69. The molecule has 27 heavy (non-hydrogen) atoms. The predicted molar refractivity (Wildman–Crippen MR) is 111 cm³/mol. The third-order valence-electron chi connectivity index (χ3n) is 4.29. The number of anilines is 1. The van der Waals surface area contributed by atoms with Gasteiger partial charge in [0.2, 0.25) is 0 Å². The highest BCUT2D eigenvalue weighted by atomic mass is 16.5. The third kappa shape index (κ3) is 5.86. The second kappa shape index (κ2) is 9.78. The maximum atomic E-state index is 12.6. The molecule has 0 N–H and O–H groups in total. The van der Waals surface area contributed by atoms with E-state index in [-0.39, 0.29) is 5.78 Å². The van der Waals surface area contributed by atoms with Gasteiger partial charge in [-0.05, 0) is 50.0 Å². The lowest BCUT2D eigenvalue weighted by molar-refractivity contribution is 0.104. The van der Waals surface area contributed by atoms with Gasteiger partial charge in [0.25, 0.3) is 0 Å². The summed E-state index contributed by atoms with van der Waals surface area (Å²) in [7, 11) is 9.32. The Morgan fingerprint density at radius 3 is 2.44 bits per heavy atom. The van der Waals surface area contributed by atoms with Crippen molar-refractivity contribution < 1.29 is 14.3 Å². The molecule has 0 aliphatic heterocycles. The van der Waals surface area contributed by atoms with Crippen molar-refractivity contribution in [1.29, 1.82) is 0 Å². The van der Waals surface area contributed by atoms with E-state index in [4.69, 9.17) is 9.47 Å². The van der Waals surface area contributed by atoms with Crippen LogP contribution in [-0.2, 0) is 0 Å². The lowest BCUT2D eigenvalue weighted by atomic mass is 10.1. The minimum absolute atomic E-state index is 0.110. The van der Waals surface area contributed by atoms with Crippen LogP contribution in [0.2, 0.25) is 0 Å². The molecule has 0 atom stereocenters. The molecule has 2 aromatic carbocycles. The summed E-state index contributed by atoms with van der Waals surface area (Å²) in [6, 6.07) is 13.3. The van der Waals surface area contributed by atoms with Crippen molar-refractivity contribution in [3.05, 3.63) is 59.7 Å². The summed E-state index contributed by atoms with van der Waals surface area (Å²) < 4.78 is 10.5. The van der Waals surface area contributed by atoms with Gasteiger partial charge in [-0.1, -0.05) is 18.2 Å². The van der Waals surface area contributed by atoms with Gasteiger partial charge in [0.15, 0.2) is 5.78 Å². The molecular weight excluding hydrogens is 340 g/mol. The van der Waals surface area contributed by atoms with Crippen LogP contribution >= 0.6 is 0 Å². The fourth-order valence-corrected chi connectivity index (χ4v) is 2.61. The van der Waals surface area contributed by atoms with E-state index in [9.17, 15) is 4.79 Å². The van der Waals surface area contributed by atoms with Crippen LogP contribution in [0.1, 0.15) is 15.9 Å². The number of hydrogen-bond donors (Lipinski definition) is 0. The fraction of sp³-hybridized carbons (Fsp3) is 0.318. The van der Waals surface area contributed by atoms with Gasteiger partial charge in [0.05, 0.1) is 19.8 Å². The van der Waals surface area contributed by atoms with Crippen molar-refractivity contribution in [2.75, 3.05) is 53.4 Å². The molecule has 0 aliphatic carbocycles.